The molecule has 33 heavy (non-hydrogen) atoms. The predicted octanol–water partition coefficient (Wildman–Crippen LogP) is 9.16. The van der Waals surface area contributed by atoms with E-state index in [1.54, 1.807) is 0 Å². The largest absolute Gasteiger partial charge is 0.255 e. The summed E-state index contributed by atoms with van der Waals surface area (Å²) in [7, 11) is 0. The van der Waals surface area contributed by atoms with E-state index in [2.05, 4.69) is 71.0 Å². The maximum absolute atomic E-state index is 5.03. The summed E-state index contributed by atoms with van der Waals surface area (Å²) in [5.74, 6) is 0. The van der Waals surface area contributed by atoms with E-state index < -0.39 is 0 Å². The van der Waals surface area contributed by atoms with Gasteiger partial charge in [0, 0.05) is 26.6 Å². The first-order chi connectivity index (χ1) is 15.6. The van der Waals surface area contributed by atoms with Crippen molar-refractivity contribution < 1.29 is 20.4 Å². The number of hydrogen-bond acceptors (Lipinski definition) is 2. The van der Waals surface area contributed by atoms with Gasteiger partial charge in [-0.1, -0.05) is 78.9 Å². The Kier molecular flexibility index (Phi) is 15.2. The van der Waals surface area contributed by atoms with Crippen molar-refractivity contribution in [2.75, 3.05) is 0 Å². The van der Waals surface area contributed by atoms with Crippen molar-refractivity contribution in [1.82, 2.24) is 0 Å². The molecular weight excluding hydrogens is 495 g/mol. The van der Waals surface area contributed by atoms with Crippen molar-refractivity contribution in [3.63, 3.8) is 0 Å². The molecule has 0 aromatic heterocycles. The zero-order chi connectivity index (χ0) is 23.2. The molecule has 0 saturated heterocycles. The molecule has 0 N–H and O–H groups in total. The number of aryl methyl sites for hydroxylation is 4. The van der Waals surface area contributed by atoms with Crippen LogP contribution < -0.4 is 0 Å². The first kappa shape index (κ1) is 29.5. The van der Waals surface area contributed by atoms with Gasteiger partial charge in [-0.05, 0) is 85.0 Å². The topological polar surface area (TPSA) is 24.7 Å². The minimum absolute atomic E-state index is 0. The molecule has 0 spiro atoms. The van der Waals surface area contributed by atoms with Crippen LogP contribution in [0.3, 0.4) is 0 Å². The fourth-order valence-corrected chi connectivity index (χ4v) is 4.23. The SMILES string of the molecule is CCCCC(C=Nc1ccc(CCC)c(CCC)c1)=Nc1ccc(CCC)c(CCC)c1.[Pd]. The van der Waals surface area contributed by atoms with E-state index in [0.717, 1.165) is 62.0 Å². The van der Waals surface area contributed by atoms with E-state index >= 15 is 0 Å². The van der Waals surface area contributed by atoms with Crippen LogP contribution in [0.15, 0.2) is 46.4 Å². The summed E-state index contributed by atoms with van der Waals surface area (Å²) in [4.78, 5) is 9.88. The monoisotopic (exact) mass is 538 g/mol. The molecule has 0 saturated carbocycles. The van der Waals surface area contributed by atoms with Gasteiger partial charge in [0.1, 0.15) is 0 Å². The van der Waals surface area contributed by atoms with Gasteiger partial charge < -0.3 is 0 Å². The van der Waals surface area contributed by atoms with Crippen LogP contribution >= 0.6 is 0 Å². The molecule has 0 heterocycles. The van der Waals surface area contributed by atoms with Crippen LogP contribution in [0.2, 0.25) is 0 Å². The molecule has 2 nitrogen and oxygen atoms in total. The van der Waals surface area contributed by atoms with Gasteiger partial charge in [-0.3, -0.25) is 9.98 Å². The molecule has 2 rings (SSSR count). The van der Waals surface area contributed by atoms with Gasteiger partial charge in [0.2, 0.25) is 0 Å². The van der Waals surface area contributed by atoms with E-state index in [1.807, 2.05) is 6.21 Å². The van der Waals surface area contributed by atoms with Gasteiger partial charge in [-0.15, -0.1) is 0 Å². The number of rotatable bonds is 14. The standard InChI is InChI=1S/C30H44N2.Pd/c1-6-11-16-30(32-29-20-18-25(13-8-3)27(22-29)15-10-5)23-31-28-19-17-24(12-7-2)26(21-28)14-9-4;/h17-23H,6-16H2,1-5H3;. The molecule has 3 heteroatoms. The molecule has 0 atom stereocenters. The van der Waals surface area contributed by atoms with Crippen LogP contribution in [-0.2, 0) is 46.1 Å². The molecule has 0 aliphatic heterocycles. The summed E-state index contributed by atoms with van der Waals surface area (Å²) in [5.41, 5.74) is 9.05. The third kappa shape index (κ3) is 10.1. The quantitative estimate of drug-likeness (QED) is 0.169. The molecular formula is C30H44N2Pd. The number of hydrogen-bond donors (Lipinski definition) is 0. The predicted molar refractivity (Wildman–Crippen MR) is 144 cm³/mol. The van der Waals surface area contributed by atoms with E-state index in [9.17, 15) is 0 Å². The Labute approximate surface area is 217 Å². The van der Waals surface area contributed by atoms with Gasteiger partial charge in [0.15, 0.2) is 0 Å². The molecule has 184 valence electrons. The molecule has 0 radical (unpaired) electrons. The van der Waals surface area contributed by atoms with E-state index in [4.69, 9.17) is 9.98 Å². The van der Waals surface area contributed by atoms with Crippen LogP contribution in [0.25, 0.3) is 0 Å². The summed E-state index contributed by atoms with van der Waals surface area (Å²) < 4.78 is 0. The molecule has 0 aliphatic carbocycles. The second kappa shape index (κ2) is 17.0. The normalized spacial score (nSPS) is 11.7. The van der Waals surface area contributed by atoms with E-state index in [-0.39, 0.29) is 20.4 Å². The number of unbranched alkanes of at least 4 members (excludes halogenated alkanes) is 1. The first-order valence-electron chi connectivity index (χ1n) is 13.0. The maximum atomic E-state index is 5.03. The second-order valence-corrected chi connectivity index (χ2v) is 8.87. The second-order valence-electron chi connectivity index (χ2n) is 8.87. The first-order valence-corrected chi connectivity index (χ1v) is 13.0. The summed E-state index contributed by atoms with van der Waals surface area (Å²) in [6, 6.07) is 13.5. The fourth-order valence-electron chi connectivity index (χ4n) is 4.23. The Morgan fingerprint density at radius 1 is 0.636 bits per heavy atom. The fraction of sp³-hybridized carbons (Fsp3) is 0.533. The Hall–Kier alpha value is -1.56. The maximum Gasteiger partial charge on any atom is 0.0636 e. The van der Waals surface area contributed by atoms with Gasteiger partial charge in [-0.25, -0.2) is 0 Å². The summed E-state index contributed by atoms with van der Waals surface area (Å²) in [5, 5.41) is 0. The van der Waals surface area contributed by atoms with Crippen LogP contribution in [0.5, 0.6) is 0 Å². The number of aliphatic imine (C=N–C) groups is 2. The number of nitrogens with zero attached hydrogens (tertiary/aromatic N) is 2. The van der Waals surface area contributed by atoms with Crippen molar-refractivity contribution in [3.8, 4) is 0 Å². The van der Waals surface area contributed by atoms with E-state index in [0.29, 0.717) is 0 Å². The van der Waals surface area contributed by atoms with Gasteiger partial charge >= 0.3 is 0 Å². The molecule has 0 aliphatic rings. The van der Waals surface area contributed by atoms with Crippen LogP contribution in [0, 0.1) is 0 Å². The van der Waals surface area contributed by atoms with Gasteiger partial charge in [0.05, 0.1) is 17.1 Å². The van der Waals surface area contributed by atoms with Gasteiger partial charge in [-0.2, -0.15) is 0 Å². The average Bonchev–Trinajstić information content (AvgIpc) is 2.79. The van der Waals surface area contributed by atoms with Crippen LogP contribution in [-0.4, -0.2) is 11.9 Å². The molecule has 0 fully saturated rings. The van der Waals surface area contributed by atoms with Gasteiger partial charge in [0.25, 0.3) is 0 Å². The third-order valence-electron chi connectivity index (χ3n) is 5.88. The molecule has 2 aromatic rings. The Balaban J connectivity index is 0.00000544. The number of benzene rings is 2. The molecule has 2 aromatic carbocycles. The Bertz CT molecular complexity index is 883. The Morgan fingerprint density at radius 3 is 1.64 bits per heavy atom. The van der Waals surface area contributed by atoms with Crippen molar-refractivity contribution in [2.24, 2.45) is 9.98 Å². The van der Waals surface area contributed by atoms with Crippen molar-refractivity contribution in [1.29, 1.82) is 0 Å². The van der Waals surface area contributed by atoms with Crippen LogP contribution in [0.4, 0.5) is 11.4 Å². The zero-order valence-electron chi connectivity index (χ0n) is 21.5. The summed E-state index contributed by atoms with van der Waals surface area (Å²) in [6.45, 7) is 11.2. The minimum atomic E-state index is 0. The smallest absolute Gasteiger partial charge is 0.0636 e. The Morgan fingerprint density at radius 2 is 1.12 bits per heavy atom. The third-order valence-corrected chi connectivity index (χ3v) is 5.88. The van der Waals surface area contributed by atoms with Crippen LogP contribution in [0.1, 0.15) is 102 Å². The average molecular weight is 539 g/mol. The van der Waals surface area contributed by atoms with E-state index in [1.165, 1.54) is 47.9 Å². The zero-order valence-corrected chi connectivity index (χ0v) is 23.1. The molecule has 0 amide bonds. The summed E-state index contributed by atoms with van der Waals surface area (Å²) >= 11 is 0. The molecule has 0 unspecified atom stereocenters. The van der Waals surface area contributed by atoms with Crippen molar-refractivity contribution >= 4 is 23.3 Å². The summed E-state index contributed by atoms with van der Waals surface area (Å²) in [6.07, 6.45) is 14.5. The van der Waals surface area contributed by atoms with Crippen molar-refractivity contribution in [3.05, 3.63) is 58.7 Å². The van der Waals surface area contributed by atoms with Crippen molar-refractivity contribution in [2.45, 2.75) is 105 Å². The molecule has 0 bridgehead atoms. The minimum Gasteiger partial charge on any atom is -0.255 e.